The molecule has 0 spiro atoms. The molecule has 0 aliphatic rings. The highest BCUT2D eigenvalue weighted by molar-refractivity contribution is 5.36. The third-order valence-electron chi connectivity index (χ3n) is 3.89. The monoisotopic (exact) mass is 253 g/mol. The van der Waals surface area contributed by atoms with E-state index in [-0.39, 0.29) is 0 Å². The first-order valence-electron chi connectivity index (χ1n) is 6.90. The average Bonchev–Trinajstić information content (AvgIpc) is 2.40. The van der Waals surface area contributed by atoms with Crippen molar-refractivity contribution < 1.29 is 0 Å². The first-order valence-corrected chi connectivity index (χ1v) is 6.90. The van der Waals surface area contributed by atoms with Crippen molar-refractivity contribution >= 4 is 0 Å². The Labute approximate surface area is 116 Å². The minimum absolute atomic E-state index is 0.377. The van der Waals surface area contributed by atoms with E-state index in [9.17, 15) is 0 Å². The third kappa shape index (κ3) is 3.24. The quantitative estimate of drug-likeness (QED) is 0.864. The summed E-state index contributed by atoms with van der Waals surface area (Å²) in [5, 5.41) is 3.45. The zero-order chi connectivity index (χ0) is 13.8. The minimum Gasteiger partial charge on any atom is -0.313 e. The highest BCUT2D eigenvalue weighted by atomic mass is 14.9. The topological polar surface area (TPSA) is 12.0 Å². The van der Waals surface area contributed by atoms with Gasteiger partial charge in [-0.05, 0) is 56.5 Å². The first-order chi connectivity index (χ1) is 9.11. The summed E-state index contributed by atoms with van der Waals surface area (Å²) < 4.78 is 0. The van der Waals surface area contributed by atoms with Crippen LogP contribution in [0, 0.1) is 20.8 Å². The second-order valence-electron chi connectivity index (χ2n) is 5.32. The molecule has 1 heteroatoms. The van der Waals surface area contributed by atoms with Gasteiger partial charge in [0.2, 0.25) is 0 Å². The zero-order valence-corrected chi connectivity index (χ0v) is 12.3. The second kappa shape index (κ2) is 6.03. The van der Waals surface area contributed by atoms with E-state index >= 15 is 0 Å². The lowest BCUT2D eigenvalue weighted by molar-refractivity contribution is 0.588. The van der Waals surface area contributed by atoms with Gasteiger partial charge in [0.1, 0.15) is 0 Å². The lowest BCUT2D eigenvalue weighted by atomic mass is 9.93. The molecule has 0 aliphatic carbocycles. The summed E-state index contributed by atoms with van der Waals surface area (Å²) in [6.45, 7) is 6.54. The summed E-state index contributed by atoms with van der Waals surface area (Å²) in [4.78, 5) is 0. The fourth-order valence-electron chi connectivity index (χ4n) is 2.59. The van der Waals surface area contributed by atoms with E-state index in [4.69, 9.17) is 0 Å². The normalized spacial score (nSPS) is 12.4. The molecular formula is C18H23N. The molecule has 1 nitrogen and oxygen atoms in total. The fraction of sp³-hybridized carbons (Fsp3) is 0.333. The molecular weight excluding hydrogens is 230 g/mol. The van der Waals surface area contributed by atoms with Crippen molar-refractivity contribution in [2.75, 3.05) is 7.05 Å². The van der Waals surface area contributed by atoms with Gasteiger partial charge in [-0.1, -0.05) is 48.0 Å². The molecule has 1 N–H and O–H groups in total. The SMILES string of the molecule is CNC(Cc1cccc(C)c1)c1cccc(C)c1C. The highest BCUT2D eigenvalue weighted by Gasteiger charge is 2.13. The maximum atomic E-state index is 3.45. The van der Waals surface area contributed by atoms with Gasteiger partial charge < -0.3 is 5.32 Å². The van der Waals surface area contributed by atoms with Gasteiger partial charge in [0, 0.05) is 6.04 Å². The van der Waals surface area contributed by atoms with Crippen LogP contribution in [-0.2, 0) is 6.42 Å². The summed E-state index contributed by atoms with van der Waals surface area (Å²) in [6, 6.07) is 15.7. The molecule has 1 atom stereocenters. The van der Waals surface area contributed by atoms with Gasteiger partial charge in [-0.3, -0.25) is 0 Å². The Hall–Kier alpha value is -1.60. The number of hydrogen-bond donors (Lipinski definition) is 1. The Morgan fingerprint density at radius 1 is 1.00 bits per heavy atom. The Morgan fingerprint density at radius 2 is 1.74 bits per heavy atom. The van der Waals surface area contributed by atoms with Crippen LogP contribution < -0.4 is 5.32 Å². The number of nitrogens with one attached hydrogen (secondary N) is 1. The van der Waals surface area contributed by atoms with Crippen molar-refractivity contribution in [2.45, 2.75) is 33.2 Å². The van der Waals surface area contributed by atoms with E-state index in [0.29, 0.717) is 6.04 Å². The van der Waals surface area contributed by atoms with Crippen molar-refractivity contribution in [3.05, 3.63) is 70.3 Å². The molecule has 0 aliphatic heterocycles. The summed E-state index contributed by atoms with van der Waals surface area (Å²) in [5.41, 5.74) is 6.88. The van der Waals surface area contributed by atoms with Crippen molar-refractivity contribution in [1.82, 2.24) is 5.32 Å². The summed E-state index contributed by atoms with van der Waals surface area (Å²) >= 11 is 0. The number of benzene rings is 2. The maximum absolute atomic E-state index is 3.45. The number of hydrogen-bond acceptors (Lipinski definition) is 1. The van der Waals surface area contributed by atoms with Gasteiger partial charge in [-0.15, -0.1) is 0 Å². The van der Waals surface area contributed by atoms with Crippen molar-refractivity contribution in [3.8, 4) is 0 Å². The first kappa shape index (κ1) is 13.8. The molecule has 0 aromatic heterocycles. The van der Waals surface area contributed by atoms with Gasteiger partial charge in [0.05, 0.1) is 0 Å². The maximum Gasteiger partial charge on any atom is 0.0361 e. The zero-order valence-electron chi connectivity index (χ0n) is 12.3. The van der Waals surface area contributed by atoms with Crippen molar-refractivity contribution in [2.24, 2.45) is 0 Å². The molecule has 2 aromatic rings. The number of likely N-dealkylation sites (N-methyl/N-ethyl adjacent to an activating group) is 1. The lowest BCUT2D eigenvalue weighted by Crippen LogP contribution is -2.20. The molecule has 0 amide bonds. The second-order valence-corrected chi connectivity index (χ2v) is 5.32. The van der Waals surface area contributed by atoms with E-state index in [0.717, 1.165) is 6.42 Å². The molecule has 100 valence electrons. The van der Waals surface area contributed by atoms with E-state index < -0.39 is 0 Å². The summed E-state index contributed by atoms with van der Waals surface area (Å²) in [6.07, 6.45) is 1.03. The van der Waals surface area contributed by atoms with Crippen LogP contribution in [0.4, 0.5) is 0 Å². The van der Waals surface area contributed by atoms with Crippen LogP contribution in [0.3, 0.4) is 0 Å². The molecule has 0 heterocycles. The van der Waals surface area contributed by atoms with Gasteiger partial charge in [0.15, 0.2) is 0 Å². The van der Waals surface area contributed by atoms with Crippen molar-refractivity contribution in [1.29, 1.82) is 0 Å². The molecule has 2 rings (SSSR count). The van der Waals surface area contributed by atoms with E-state index in [2.05, 4.69) is 68.6 Å². The van der Waals surface area contributed by atoms with Crippen LogP contribution in [0.2, 0.25) is 0 Å². The number of rotatable bonds is 4. The lowest BCUT2D eigenvalue weighted by Gasteiger charge is -2.20. The standard InChI is InChI=1S/C18H23N/c1-13-7-5-9-16(11-13)12-18(19-4)17-10-6-8-14(2)15(17)3/h5-11,18-19H,12H2,1-4H3. The van der Waals surface area contributed by atoms with Gasteiger partial charge in [-0.2, -0.15) is 0 Å². The van der Waals surface area contributed by atoms with Crippen molar-refractivity contribution in [3.63, 3.8) is 0 Å². The average molecular weight is 253 g/mol. The number of aryl methyl sites for hydroxylation is 2. The summed E-state index contributed by atoms with van der Waals surface area (Å²) in [7, 11) is 2.04. The predicted octanol–water partition coefficient (Wildman–Crippen LogP) is 4.12. The van der Waals surface area contributed by atoms with E-state index in [1.165, 1.54) is 27.8 Å². The Balaban J connectivity index is 2.28. The van der Waals surface area contributed by atoms with Crippen LogP contribution >= 0.6 is 0 Å². The van der Waals surface area contributed by atoms with Gasteiger partial charge in [0.25, 0.3) is 0 Å². The third-order valence-corrected chi connectivity index (χ3v) is 3.89. The Kier molecular flexibility index (Phi) is 4.39. The fourth-order valence-corrected chi connectivity index (χ4v) is 2.59. The molecule has 0 fully saturated rings. The molecule has 0 bridgehead atoms. The Bertz CT molecular complexity index is 557. The van der Waals surface area contributed by atoms with Crippen LogP contribution in [0.1, 0.15) is 33.9 Å². The molecule has 0 radical (unpaired) electrons. The highest BCUT2D eigenvalue weighted by Crippen LogP contribution is 2.23. The van der Waals surface area contributed by atoms with Crippen LogP contribution in [0.15, 0.2) is 42.5 Å². The van der Waals surface area contributed by atoms with Gasteiger partial charge in [-0.25, -0.2) is 0 Å². The molecule has 19 heavy (non-hydrogen) atoms. The van der Waals surface area contributed by atoms with E-state index in [1.54, 1.807) is 0 Å². The molecule has 2 aromatic carbocycles. The smallest absolute Gasteiger partial charge is 0.0361 e. The largest absolute Gasteiger partial charge is 0.313 e. The summed E-state index contributed by atoms with van der Waals surface area (Å²) in [5.74, 6) is 0. The predicted molar refractivity (Wildman–Crippen MR) is 82.6 cm³/mol. The minimum atomic E-state index is 0.377. The Morgan fingerprint density at radius 3 is 2.42 bits per heavy atom. The van der Waals surface area contributed by atoms with Gasteiger partial charge >= 0.3 is 0 Å². The van der Waals surface area contributed by atoms with Crippen LogP contribution in [0.5, 0.6) is 0 Å². The van der Waals surface area contributed by atoms with Crippen LogP contribution in [-0.4, -0.2) is 7.05 Å². The molecule has 0 saturated heterocycles. The molecule has 0 saturated carbocycles. The van der Waals surface area contributed by atoms with Crippen LogP contribution in [0.25, 0.3) is 0 Å². The molecule has 1 unspecified atom stereocenters. The van der Waals surface area contributed by atoms with E-state index in [1.807, 2.05) is 7.05 Å².